The molecule has 0 aromatic heterocycles. The van der Waals surface area contributed by atoms with E-state index < -0.39 is 105 Å². The Morgan fingerprint density at radius 2 is 1.37 bits per heavy atom. The third-order valence-corrected chi connectivity index (χ3v) is 9.35. The SMILES string of the molecule is OC[C@H]1O[C@@H](OC2CC3C(O)CC(O)CC3OC2C2CCC(O)C(O)C2)[C@H](O)[C@@H](O)[C@@H]1O[C@@H]1OC[C@@H](O)[C@H](O)[C@H]1O. The Kier molecular flexibility index (Phi) is 10.2. The lowest BCUT2D eigenvalue weighted by molar-refractivity contribution is -0.361. The molecule has 238 valence electrons. The summed E-state index contributed by atoms with van der Waals surface area (Å²) in [4.78, 5) is 0. The van der Waals surface area contributed by atoms with Crippen LogP contribution in [0.2, 0.25) is 0 Å². The van der Waals surface area contributed by atoms with Crippen LogP contribution in [0.4, 0.5) is 0 Å². The average Bonchev–Trinajstić information content (AvgIpc) is 2.94. The third kappa shape index (κ3) is 6.60. The second-order valence-corrected chi connectivity index (χ2v) is 12.2. The van der Waals surface area contributed by atoms with Crippen LogP contribution in [-0.4, -0.2) is 162 Å². The smallest absolute Gasteiger partial charge is 0.187 e. The van der Waals surface area contributed by atoms with E-state index in [0.29, 0.717) is 19.3 Å². The van der Waals surface area contributed by atoms with Crippen molar-refractivity contribution in [3.8, 4) is 0 Å². The summed E-state index contributed by atoms with van der Waals surface area (Å²) in [6.07, 6.45) is -17.1. The topological polar surface area (TPSA) is 248 Å². The molecule has 0 bridgehead atoms. The van der Waals surface area contributed by atoms with Crippen molar-refractivity contribution in [1.82, 2.24) is 0 Å². The zero-order valence-corrected chi connectivity index (χ0v) is 22.6. The van der Waals surface area contributed by atoms with Gasteiger partial charge in [-0.15, -0.1) is 0 Å². The van der Waals surface area contributed by atoms with Gasteiger partial charge in [-0.1, -0.05) is 0 Å². The highest BCUT2D eigenvalue weighted by molar-refractivity contribution is 4.99. The molecule has 2 saturated carbocycles. The number of aliphatic hydroxyl groups is 10. The van der Waals surface area contributed by atoms with E-state index in [-0.39, 0.29) is 37.7 Å². The highest BCUT2D eigenvalue weighted by Crippen LogP contribution is 2.43. The maximum absolute atomic E-state index is 11.0. The Hall–Kier alpha value is -0.600. The fourth-order valence-corrected chi connectivity index (χ4v) is 6.97. The van der Waals surface area contributed by atoms with Gasteiger partial charge in [-0.2, -0.15) is 0 Å². The van der Waals surface area contributed by atoms with Crippen LogP contribution in [-0.2, 0) is 23.7 Å². The number of aliphatic hydroxyl groups excluding tert-OH is 10. The van der Waals surface area contributed by atoms with Crippen LogP contribution in [0.3, 0.4) is 0 Å². The summed E-state index contributed by atoms with van der Waals surface area (Å²) >= 11 is 0. The second kappa shape index (κ2) is 13.2. The minimum Gasteiger partial charge on any atom is -0.394 e. The van der Waals surface area contributed by atoms with Crippen LogP contribution >= 0.6 is 0 Å². The lowest BCUT2D eigenvalue weighted by atomic mass is 9.72. The molecule has 0 radical (unpaired) electrons. The zero-order valence-electron chi connectivity index (χ0n) is 22.6. The summed E-state index contributed by atoms with van der Waals surface area (Å²) in [5, 5.41) is 103. The van der Waals surface area contributed by atoms with Crippen LogP contribution in [0.15, 0.2) is 0 Å². The standard InChI is InChI=1S/C26H44O15/c27-7-18-24(41-25-21(35)19(33)15(32)8-37-25)20(34)22(36)26(40-18)39-17-6-11-13(30)4-10(28)5-16(11)38-23(17)9-1-2-12(29)14(31)3-9/h9-36H,1-8H2/t9?,10?,11?,12?,13?,14?,15-,16?,17?,18-,19+,20-,21-,22-,23?,24-,25+,26-/m1/s1. The first-order chi connectivity index (χ1) is 19.5. The van der Waals surface area contributed by atoms with Gasteiger partial charge in [0.2, 0.25) is 0 Å². The number of rotatable bonds is 6. The average molecular weight is 597 g/mol. The monoisotopic (exact) mass is 596 g/mol. The number of fused-ring (bicyclic) bond motifs is 1. The van der Waals surface area contributed by atoms with Gasteiger partial charge in [0.15, 0.2) is 12.6 Å². The van der Waals surface area contributed by atoms with E-state index >= 15 is 0 Å². The number of hydrogen-bond acceptors (Lipinski definition) is 15. The fraction of sp³-hybridized carbons (Fsp3) is 1.00. The maximum atomic E-state index is 11.0. The van der Waals surface area contributed by atoms with E-state index in [1.165, 1.54) is 0 Å². The number of ether oxygens (including phenoxy) is 5. The Balaban J connectivity index is 1.30. The summed E-state index contributed by atoms with van der Waals surface area (Å²) in [5.41, 5.74) is 0. The molecule has 10 N–H and O–H groups in total. The van der Waals surface area contributed by atoms with Crippen LogP contribution in [0, 0.1) is 11.8 Å². The molecule has 0 amide bonds. The van der Waals surface area contributed by atoms with Gasteiger partial charge in [0.1, 0.15) is 42.7 Å². The van der Waals surface area contributed by atoms with Crippen LogP contribution in [0.25, 0.3) is 0 Å². The van der Waals surface area contributed by atoms with E-state index in [0.717, 1.165) is 0 Å². The Morgan fingerprint density at radius 1 is 0.634 bits per heavy atom. The van der Waals surface area contributed by atoms with Crippen molar-refractivity contribution in [1.29, 1.82) is 0 Å². The maximum Gasteiger partial charge on any atom is 0.187 e. The quantitative estimate of drug-likeness (QED) is 0.139. The molecule has 0 aromatic carbocycles. The fourth-order valence-electron chi connectivity index (χ4n) is 6.97. The van der Waals surface area contributed by atoms with Crippen LogP contribution < -0.4 is 0 Å². The third-order valence-electron chi connectivity index (χ3n) is 9.35. The predicted molar refractivity (Wildman–Crippen MR) is 133 cm³/mol. The van der Waals surface area contributed by atoms with Crippen molar-refractivity contribution in [2.24, 2.45) is 11.8 Å². The highest BCUT2D eigenvalue weighted by atomic mass is 16.7. The van der Waals surface area contributed by atoms with Crippen molar-refractivity contribution in [3.63, 3.8) is 0 Å². The number of hydrogen-bond donors (Lipinski definition) is 10. The Bertz CT molecular complexity index is 850. The molecular weight excluding hydrogens is 552 g/mol. The van der Waals surface area contributed by atoms with Crippen molar-refractivity contribution in [2.75, 3.05) is 13.2 Å². The van der Waals surface area contributed by atoms with Gasteiger partial charge >= 0.3 is 0 Å². The molecule has 5 aliphatic rings. The Morgan fingerprint density at radius 3 is 2.07 bits per heavy atom. The second-order valence-electron chi connectivity index (χ2n) is 12.2. The first-order valence-electron chi connectivity index (χ1n) is 14.4. The molecule has 5 fully saturated rings. The lowest BCUT2D eigenvalue weighted by Gasteiger charge is -2.51. The van der Waals surface area contributed by atoms with E-state index in [1.54, 1.807) is 0 Å². The molecular formula is C26H44O15. The van der Waals surface area contributed by atoms with Gasteiger partial charge in [0, 0.05) is 5.92 Å². The largest absolute Gasteiger partial charge is 0.394 e. The molecule has 15 nitrogen and oxygen atoms in total. The molecule has 0 spiro atoms. The molecule has 41 heavy (non-hydrogen) atoms. The van der Waals surface area contributed by atoms with Crippen molar-refractivity contribution < 1.29 is 74.7 Å². The molecule has 0 aromatic rings. The predicted octanol–water partition coefficient (Wildman–Crippen LogP) is -4.55. The normalized spacial score (nSPS) is 54.9. The minimum atomic E-state index is -1.70. The van der Waals surface area contributed by atoms with E-state index in [9.17, 15) is 51.1 Å². The summed E-state index contributed by atoms with van der Waals surface area (Å²) in [5.74, 6) is -0.640. The van der Waals surface area contributed by atoms with Gasteiger partial charge < -0.3 is 74.7 Å². The minimum absolute atomic E-state index is 0.171. The van der Waals surface area contributed by atoms with Crippen LogP contribution in [0.5, 0.6) is 0 Å². The molecule has 3 saturated heterocycles. The zero-order chi connectivity index (χ0) is 29.6. The summed E-state index contributed by atoms with van der Waals surface area (Å²) in [6, 6.07) is 0. The summed E-state index contributed by atoms with van der Waals surface area (Å²) in [7, 11) is 0. The molecule has 2 aliphatic carbocycles. The van der Waals surface area contributed by atoms with Crippen LogP contribution in [0.1, 0.15) is 38.5 Å². The first-order valence-corrected chi connectivity index (χ1v) is 14.4. The first kappa shape index (κ1) is 31.8. The van der Waals surface area contributed by atoms with E-state index in [1.807, 2.05) is 0 Å². The Labute approximate surface area is 236 Å². The summed E-state index contributed by atoms with van der Waals surface area (Å²) in [6.45, 7) is -1.04. The molecule has 3 aliphatic heterocycles. The van der Waals surface area contributed by atoms with Gasteiger partial charge in [0.25, 0.3) is 0 Å². The van der Waals surface area contributed by atoms with Crippen molar-refractivity contribution in [3.05, 3.63) is 0 Å². The molecule has 5 rings (SSSR count). The van der Waals surface area contributed by atoms with Gasteiger partial charge in [0.05, 0.1) is 55.9 Å². The van der Waals surface area contributed by atoms with Crippen molar-refractivity contribution in [2.45, 2.75) is 137 Å². The lowest BCUT2D eigenvalue weighted by Crippen LogP contribution is -2.64. The van der Waals surface area contributed by atoms with Gasteiger partial charge in [-0.05, 0) is 44.4 Å². The van der Waals surface area contributed by atoms with E-state index in [2.05, 4.69) is 0 Å². The van der Waals surface area contributed by atoms with Gasteiger partial charge in [-0.25, -0.2) is 0 Å². The molecule has 15 heteroatoms. The molecule has 18 atom stereocenters. The summed E-state index contributed by atoms with van der Waals surface area (Å²) < 4.78 is 29.2. The van der Waals surface area contributed by atoms with Gasteiger partial charge in [-0.3, -0.25) is 0 Å². The molecule has 9 unspecified atom stereocenters. The highest BCUT2D eigenvalue weighted by Gasteiger charge is 2.53. The molecule has 3 heterocycles. The van der Waals surface area contributed by atoms with Crippen molar-refractivity contribution >= 4 is 0 Å². The van der Waals surface area contributed by atoms with E-state index in [4.69, 9.17) is 23.7 Å².